The van der Waals surface area contributed by atoms with Gasteiger partial charge >= 0.3 is 0 Å². The highest BCUT2D eigenvalue weighted by atomic mass is 35.5. The number of allylic oxidation sites excluding steroid dienone is 2. The number of carbonyl (C=O) groups is 3. The predicted molar refractivity (Wildman–Crippen MR) is 148 cm³/mol. The third-order valence-electron chi connectivity index (χ3n) is 5.96. The molecule has 0 radical (unpaired) electrons. The molecule has 0 spiro atoms. The fourth-order valence-corrected chi connectivity index (χ4v) is 3.95. The number of methoxy groups -OCH3 is 4. The van der Waals surface area contributed by atoms with Crippen LogP contribution in [0, 0.1) is 0 Å². The van der Waals surface area contributed by atoms with Gasteiger partial charge in [-0.05, 0) is 61.4 Å². The molecule has 8 nitrogen and oxygen atoms in total. The van der Waals surface area contributed by atoms with E-state index in [0.29, 0.717) is 47.2 Å². The minimum absolute atomic E-state index is 0.397. The summed E-state index contributed by atoms with van der Waals surface area (Å²) in [5.74, 6) is 0.194. The summed E-state index contributed by atoms with van der Waals surface area (Å²) < 4.78 is 21.1. The molecule has 2 aromatic carbocycles. The Morgan fingerprint density at radius 2 is 1.13 bits per heavy atom. The van der Waals surface area contributed by atoms with E-state index in [1.54, 1.807) is 36.4 Å². The first-order valence-electron chi connectivity index (χ1n) is 12.0. The zero-order valence-electron chi connectivity index (χ0n) is 22.6. The molecule has 204 valence electrons. The third-order valence-corrected chi connectivity index (χ3v) is 6.47. The van der Waals surface area contributed by atoms with Crippen LogP contribution in [0.25, 0.3) is 12.2 Å². The maximum Gasteiger partial charge on any atom is 0.225 e. The van der Waals surface area contributed by atoms with Gasteiger partial charge < -0.3 is 23.8 Å². The van der Waals surface area contributed by atoms with Crippen LogP contribution in [0.15, 0.2) is 48.6 Å². The van der Waals surface area contributed by atoms with Gasteiger partial charge in [-0.3, -0.25) is 14.4 Å². The second-order valence-corrected chi connectivity index (χ2v) is 8.81. The van der Waals surface area contributed by atoms with Crippen molar-refractivity contribution in [2.24, 2.45) is 0 Å². The van der Waals surface area contributed by atoms with Crippen molar-refractivity contribution in [1.29, 1.82) is 0 Å². The highest BCUT2D eigenvalue weighted by molar-refractivity contribution is 6.51. The Balaban J connectivity index is 2.41. The Hall–Kier alpha value is -3.78. The molecule has 0 fully saturated rings. The number of rotatable bonds is 14. The van der Waals surface area contributed by atoms with Gasteiger partial charge in [-0.15, -0.1) is 11.6 Å². The Bertz CT molecular complexity index is 1120. The molecule has 9 heteroatoms. The van der Waals surface area contributed by atoms with Gasteiger partial charge in [0.05, 0.1) is 34.9 Å². The quantitative estimate of drug-likeness (QED) is 0.192. The zero-order valence-corrected chi connectivity index (χ0v) is 23.3. The van der Waals surface area contributed by atoms with Crippen LogP contribution < -0.4 is 18.9 Å². The molecule has 2 rings (SSSR count). The van der Waals surface area contributed by atoms with Crippen molar-refractivity contribution in [2.75, 3.05) is 41.5 Å². The number of carbonyl (C=O) groups excluding carboxylic acids is 3. The molecule has 0 atom stereocenters. The number of amides is 1. The molecule has 0 N–H and O–H groups in total. The standard InChI is InChI=1S/C29H34ClNO7/c1-7-31(8-2)28(34)19-29(30,26(32)15-11-20-9-13-22(35-3)24(17-20)37-5)27(33)16-12-21-10-14-23(36-4)25(18-21)38-6/h9-18H,7-8,19H2,1-6H3/b15-11+,16-12+. The van der Waals surface area contributed by atoms with Crippen LogP contribution in [0.5, 0.6) is 23.0 Å². The number of ether oxygens (including phenoxy) is 4. The Morgan fingerprint density at radius 1 is 0.737 bits per heavy atom. The third kappa shape index (κ3) is 7.38. The Kier molecular flexibility index (Phi) is 11.4. The van der Waals surface area contributed by atoms with Crippen molar-refractivity contribution in [2.45, 2.75) is 25.1 Å². The summed E-state index contributed by atoms with van der Waals surface area (Å²) in [6.07, 6.45) is 4.93. The van der Waals surface area contributed by atoms with Gasteiger partial charge in [0.2, 0.25) is 5.91 Å². The number of benzene rings is 2. The van der Waals surface area contributed by atoms with Gasteiger partial charge in [-0.2, -0.15) is 0 Å². The van der Waals surface area contributed by atoms with Gasteiger partial charge in [0.25, 0.3) is 0 Å². The monoisotopic (exact) mass is 543 g/mol. The van der Waals surface area contributed by atoms with Crippen LogP contribution >= 0.6 is 11.6 Å². The highest BCUT2D eigenvalue weighted by Crippen LogP contribution is 2.31. The maximum atomic E-state index is 13.4. The molecule has 0 unspecified atom stereocenters. The highest BCUT2D eigenvalue weighted by Gasteiger charge is 2.43. The van der Waals surface area contributed by atoms with Crippen LogP contribution in [0.3, 0.4) is 0 Å². The minimum Gasteiger partial charge on any atom is -0.493 e. The van der Waals surface area contributed by atoms with Crippen LogP contribution in [-0.2, 0) is 14.4 Å². The summed E-state index contributed by atoms with van der Waals surface area (Å²) in [5.41, 5.74) is 1.25. The van der Waals surface area contributed by atoms with Crippen molar-refractivity contribution in [3.8, 4) is 23.0 Å². The lowest BCUT2D eigenvalue weighted by molar-refractivity contribution is -0.136. The summed E-state index contributed by atoms with van der Waals surface area (Å²) in [6.45, 7) is 4.48. The first-order valence-corrected chi connectivity index (χ1v) is 12.4. The van der Waals surface area contributed by atoms with Gasteiger partial charge in [-0.1, -0.05) is 24.3 Å². The van der Waals surface area contributed by atoms with Gasteiger partial charge in [0.1, 0.15) is 0 Å². The van der Waals surface area contributed by atoms with Crippen LogP contribution in [0.4, 0.5) is 0 Å². The van der Waals surface area contributed by atoms with Crippen molar-refractivity contribution in [3.05, 3.63) is 59.7 Å². The van der Waals surface area contributed by atoms with E-state index in [1.807, 2.05) is 13.8 Å². The first-order chi connectivity index (χ1) is 18.2. The number of nitrogens with zero attached hydrogens (tertiary/aromatic N) is 1. The molecule has 0 aliphatic carbocycles. The lowest BCUT2D eigenvalue weighted by Gasteiger charge is -2.25. The number of halogens is 1. The van der Waals surface area contributed by atoms with E-state index in [-0.39, 0.29) is 0 Å². The molecular formula is C29H34ClNO7. The lowest BCUT2D eigenvalue weighted by Crippen LogP contribution is -2.45. The second-order valence-electron chi connectivity index (χ2n) is 8.17. The minimum atomic E-state index is -2.13. The normalized spacial score (nSPS) is 11.4. The Morgan fingerprint density at radius 3 is 1.47 bits per heavy atom. The summed E-state index contributed by atoms with van der Waals surface area (Å²) in [4.78, 5) is 39.0. The molecule has 0 aromatic heterocycles. The van der Waals surface area contributed by atoms with E-state index >= 15 is 0 Å². The Labute approximate surface area is 228 Å². The van der Waals surface area contributed by atoms with E-state index in [2.05, 4.69) is 0 Å². The number of hydrogen-bond donors (Lipinski definition) is 0. The number of ketones is 2. The van der Waals surface area contributed by atoms with Crippen LogP contribution in [0.2, 0.25) is 0 Å². The average Bonchev–Trinajstić information content (AvgIpc) is 2.94. The molecule has 1 amide bonds. The lowest BCUT2D eigenvalue weighted by atomic mass is 9.91. The van der Waals surface area contributed by atoms with Crippen LogP contribution in [0.1, 0.15) is 31.4 Å². The van der Waals surface area contributed by atoms with E-state index < -0.39 is 28.8 Å². The van der Waals surface area contributed by atoms with Crippen LogP contribution in [-0.4, -0.2) is 68.8 Å². The van der Waals surface area contributed by atoms with Gasteiger partial charge in [0, 0.05) is 13.1 Å². The summed E-state index contributed by atoms with van der Waals surface area (Å²) >= 11 is 6.70. The molecule has 0 heterocycles. The topological polar surface area (TPSA) is 91.4 Å². The molecule has 0 aliphatic rings. The molecule has 0 saturated heterocycles. The van der Waals surface area contributed by atoms with E-state index in [9.17, 15) is 14.4 Å². The molecule has 0 saturated carbocycles. The number of alkyl halides is 1. The van der Waals surface area contributed by atoms with Gasteiger partial charge in [0.15, 0.2) is 39.4 Å². The summed E-state index contributed by atoms with van der Waals surface area (Å²) in [7, 11) is 6.05. The largest absolute Gasteiger partial charge is 0.493 e. The smallest absolute Gasteiger partial charge is 0.225 e. The summed E-state index contributed by atoms with van der Waals surface area (Å²) in [5, 5.41) is 0. The van der Waals surface area contributed by atoms with Crippen molar-refractivity contribution in [3.63, 3.8) is 0 Å². The maximum absolute atomic E-state index is 13.4. The summed E-state index contributed by atoms with van der Waals surface area (Å²) in [6, 6.07) is 10.2. The van der Waals surface area contributed by atoms with E-state index in [0.717, 1.165) is 0 Å². The van der Waals surface area contributed by atoms with E-state index in [4.69, 9.17) is 30.5 Å². The zero-order chi connectivity index (χ0) is 28.3. The van der Waals surface area contributed by atoms with E-state index in [1.165, 1.54) is 57.6 Å². The fourth-order valence-electron chi connectivity index (χ4n) is 3.71. The molecule has 0 bridgehead atoms. The number of hydrogen-bond acceptors (Lipinski definition) is 7. The van der Waals surface area contributed by atoms with Crippen molar-refractivity contribution >= 4 is 41.2 Å². The van der Waals surface area contributed by atoms with Crippen molar-refractivity contribution in [1.82, 2.24) is 4.90 Å². The van der Waals surface area contributed by atoms with Gasteiger partial charge in [-0.25, -0.2) is 0 Å². The molecule has 0 aliphatic heterocycles. The molecular weight excluding hydrogens is 510 g/mol. The second kappa shape index (κ2) is 14.2. The average molecular weight is 544 g/mol. The van der Waals surface area contributed by atoms with Crippen molar-refractivity contribution < 1.29 is 33.3 Å². The fraction of sp³-hybridized carbons (Fsp3) is 0.345. The first kappa shape index (κ1) is 30.4. The molecule has 2 aromatic rings. The molecule has 38 heavy (non-hydrogen) atoms. The predicted octanol–water partition coefficient (Wildman–Crippen LogP) is 4.82. The SMILES string of the molecule is CCN(CC)C(=O)CC(Cl)(C(=O)/C=C/c1ccc(OC)c(OC)c1)C(=O)/C=C/c1ccc(OC)c(OC)c1.